The summed E-state index contributed by atoms with van der Waals surface area (Å²) in [6, 6.07) is 3.34. The third-order valence-electron chi connectivity index (χ3n) is 3.92. The van der Waals surface area contributed by atoms with Crippen LogP contribution in [0.1, 0.15) is 33.1 Å². The molecule has 1 N–H and O–H groups in total. The maximum atomic E-state index is 12.6. The molecule has 1 fully saturated rings. The summed E-state index contributed by atoms with van der Waals surface area (Å²) in [5.74, 6) is -0.342. The first kappa shape index (κ1) is 19.4. The van der Waals surface area contributed by atoms with Gasteiger partial charge in [0, 0.05) is 26.2 Å². The van der Waals surface area contributed by atoms with Crippen molar-refractivity contribution in [2.45, 2.75) is 43.4 Å². The van der Waals surface area contributed by atoms with Gasteiger partial charge in [-0.25, -0.2) is 8.42 Å². The van der Waals surface area contributed by atoms with Crippen LogP contribution in [0.4, 0.5) is 0 Å². The van der Waals surface area contributed by atoms with E-state index in [4.69, 9.17) is 4.74 Å². The maximum absolute atomic E-state index is 12.6. The standard InChI is InChI=1S/C16H26N2O4S2/c1-13(2)22-10-5-8-17-16(19)14-6-3-9-18(12-14)24(20,21)15-7-4-11-23-15/h4,7,11,13-14H,3,5-6,8-10,12H2,1-2H3,(H,17,19). The van der Waals surface area contributed by atoms with Crippen LogP contribution in [0.5, 0.6) is 0 Å². The fraction of sp³-hybridized carbons (Fsp3) is 0.688. The molecule has 0 saturated carbocycles. The number of carbonyl (C=O) groups excluding carboxylic acids is 1. The lowest BCUT2D eigenvalue weighted by atomic mass is 9.99. The van der Waals surface area contributed by atoms with Crippen LogP contribution in [0.15, 0.2) is 21.7 Å². The van der Waals surface area contributed by atoms with Crippen molar-refractivity contribution in [3.05, 3.63) is 17.5 Å². The Morgan fingerprint density at radius 2 is 2.29 bits per heavy atom. The molecule has 1 aromatic heterocycles. The molecule has 8 heteroatoms. The largest absolute Gasteiger partial charge is 0.379 e. The van der Waals surface area contributed by atoms with Gasteiger partial charge in [0.25, 0.3) is 10.0 Å². The molecule has 2 rings (SSSR count). The van der Waals surface area contributed by atoms with E-state index in [9.17, 15) is 13.2 Å². The third-order valence-corrected chi connectivity index (χ3v) is 7.15. The Bertz CT molecular complexity index is 614. The molecule has 1 amide bonds. The highest BCUT2D eigenvalue weighted by Gasteiger charge is 2.33. The number of amides is 1. The molecule has 0 aliphatic carbocycles. The van der Waals surface area contributed by atoms with E-state index >= 15 is 0 Å². The van der Waals surface area contributed by atoms with Crippen molar-refractivity contribution in [2.24, 2.45) is 5.92 Å². The Morgan fingerprint density at radius 1 is 1.50 bits per heavy atom. The van der Waals surface area contributed by atoms with E-state index in [1.54, 1.807) is 17.5 Å². The Morgan fingerprint density at radius 3 is 2.96 bits per heavy atom. The molecule has 24 heavy (non-hydrogen) atoms. The molecule has 1 aliphatic rings. The van der Waals surface area contributed by atoms with Gasteiger partial charge in [-0.2, -0.15) is 4.31 Å². The lowest BCUT2D eigenvalue weighted by molar-refractivity contribution is -0.126. The third kappa shape index (κ3) is 5.27. The number of thiophene rings is 1. The maximum Gasteiger partial charge on any atom is 0.252 e. The average molecular weight is 375 g/mol. The second-order valence-corrected chi connectivity index (χ2v) is 9.31. The first-order valence-electron chi connectivity index (χ1n) is 8.34. The number of nitrogens with zero attached hydrogens (tertiary/aromatic N) is 1. The average Bonchev–Trinajstić information content (AvgIpc) is 3.09. The fourth-order valence-electron chi connectivity index (χ4n) is 2.66. The van der Waals surface area contributed by atoms with Crippen molar-refractivity contribution in [3.63, 3.8) is 0 Å². The zero-order valence-electron chi connectivity index (χ0n) is 14.2. The van der Waals surface area contributed by atoms with Crippen LogP contribution in [-0.4, -0.2) is 51.0 Å². The van der Waals surface area contributed by atoms with Gasteiger partial charge in [-0.1, -0.05) is 6.07 Å². The highest BCUT2D eigenvalue weighted by Crippen LogP contribution is 2.26. The van der Waals surface area contributed by atoms with E-state index in [0.717, 1.165) is 12.8 Å². The van der Waals surface area contributed by atoms with Crippen LogP contribution in [0.3, 0.4) is 0 Å². The first-order valence-corrected chi connectivity index (χ1v) is 10.7. The monoisotopic (exact) mass is 374 g/mol. The van der Waals surface area contributed by atoms with E-state index in [-0.39, 0.29) is 24.5 Å². The number of ether oxygens (including phenoxy) is 1. The zero-order valence-corrected chi connectivity index (χ0v) is 15.9. The number of hydrogen-bond acceptors (Lipinski definition) is 5. The van der Waals surface area contributed by atoms with Gasteiger partial charge in [0.1, 0.15) is 4.21 Å². The fourth-order valence-corrected chi connectivity index (χ4v) is 5.33. The van der Waals surface area contributed by atoms with Crippen LogP contribution in [0.25, 0.3) is 0 Å². The molecule has 1 unspecified atom stereocenters. The summed E-state index contributed by atoms with van der Waals surface area (Å²) in [7, 11) is -3.47. The molecule has 1 saturated heterocycles. The van der Waals surface area contributed by atoms with Crippen molar-refractivity contribution in [3.8, 4) is 0 Å². The molecule has 0 aromatic carbocycles. The predicted octanol–water partition coefficient (Wildman–Crippen LogP) is 2.08. The molecular formula is C16H26N2O4S2. The van der Waals surface area contributed by atoms with Gasteiger partial charge in [0.05, 0.1) is 12.0 Å². The normalized spacial score (nSPS) is 19.5. The highest BCUT2D eigenvalue weighted by atomic mass is 32.2. The minimum Gasteiger partial charge on any atom is -0.379 e. The Balaban J connectivity index is 1.83. The summed E-state index contributed by atoms with van der Waals surface area (Å²) in [5, 5.41) is 4.65. The van der Waals surface area contributed by atoms with Gasteiger partial charge in [0.2, 0.25) is 5.91 Å². The number of piperidine rings is 1. The molecule has 1 aliphatic heterocycles. The van der Waals surface area contributed by atoms with E-state index in [1.165, 1.54) is 15.6 Å². The van der Waals surface area contributed by atoms with Crippen molar-refractivity contribution in [1.29, 1.82) is 0 Å². The van der Waals surface area contributed by atoms with E-state index in [0.29, 0.717) is 30.3 Å². The minimum atomic E-state index is -3.47. The van der Waals surface area contributed by atoms with E-state index in [2.05, 4.69) is 5.32 Å². The van der Waals surface area contributed by atoms with Gasteiger partial charge >= 0.3 is 0 Å². The Kier molecular flexibility index (Phi) is 7.21. The van der Waals surface area contributed by atoms with Crippen LogP contribution in [0.2, 0.25) is 0 Å². The molecule has 6 nitrogen and oxygen atoms in total. The zero-order chi connectivity index (χ0) is 17.6. The number of sulfonamides is 1. The number of hydrogen-bond donors (Lipinski definition) is 1. The smallest absolute Gasteiger partial charge is 0.252 e. The van der Waals surface area contributed by atoms with Crippen molar-refractivity contribution >= 4 is 27.3 Å². The van der Waals surface area contributed by atoms with Gasteiger partial charge in [-0.05, 0) is 44.6 Å². The van der Waals surface area contributed by atoms with Gasteiger partial charge in [-0.15, -0.1) is 11.3 Å². The topological polar surface area (TPSA) is 75.7 Å². The number of nitrogens with one attached hydrogen (secondary N) is 1. The Labute approximate surface area is 148 Å². The number of rotatable bonds is 8. The van der Waals surface area contributed by atoms with Crippen molar-refractivity contribution in [1.82, 2.24) is 9.62 Å². The number of carbonyl (C=O) groups is 1. The SMILES string of the molecule is CC(C)OCCCNC(=O)C1CCCN(S(=O)(=O)c2cccs2)C1. The quantitative estimate of drug-likeness (QED) is 0.707. The molecule has 0 bridgehead atoms. The second kappa shape index (κ2) is 8.94. The minimum absolute atomic E-state index is 0.0642. The summed E-state index contributed by atoms with van der Waals surface area (Å²) in [5.41, 5.74) is 0. The summed E-state index contributed by atoms with van der Waals surface area (Å²) < 4.78 is 32.4. The molecule has 2 heterocycles. The molecule has 136 valence electrons. The second-order valence-electron chi connectivity index (χ2n) is 6.20. The van der Waals surface area contributed by atoms with Crippen LogP contribution in [-0.2, 0) is 19.6 Å². The van der Waals surface area contributed by atoms with Crippen molar-refractivity contribution < 1.29 is 17.9 Å². The Hall–Kier alpha value is -0.960. The van der Waals surface area contributed by atoms with Crippen LogP contribution >= 0.6 is 11.3 Å². The molecule has 0 radical (unpaired) electrons. The molecule has 0 spiro atoms. The summed E-state index contributed by atoms with van der Waals surface area (Å²) >= 11 is 1.21. The molecule has 1 atom stereocenters. The van der Waals surface area contributed by atoms with Crippen LogP contribution < -0.4 is 5.32 Å². The first-order chi connectivity index (χ1) is 11.4. The summed E-state index contributed by atoms with van der Waals surface area (Å²) in [4.78, 5) is 12.3. The van der Waals surface area contributed by atoms with Gasteiger partial charge in [-0.3, -0.25) is 4.79 Å². The lowest BCUT2D eigenvalue weighted by Crippen LogP contribution is -2.45. The van der Waals surface area contributed by atoms with E-state index in [1.807, 2.05) is 13.8 Å². The highest BCUT2D eigenvalue weighted by molar-refractivity contribution is 7.91. The summed E-state index contributed by atoms with van der Waals surface area (Å²) in [6.07, 6.45) is 2.38. The van der Waals surface area contributed by atoms with Gasteiger partial charge in [0.15, 0.2) is 0 Å². The van der Waals surface area contributed by atoms with Crippen molar-refractivity contribution in [2.75, 3.05) is 26.2 Å². The summed E-state index contributed by atoms with van der Waals surface area (Å²) in [6.45, 7) is 5.86. The predicted molar refractivity (Wildman–Crippen MR) is 94.5 cm³/mol. The lowest BCUT2D eigenvalue weighted by Gasteiger charge is -2.30. The van der Waals surface area contributed by atoms with Crippen LogP contribution in [0, 0.1) is 5.92 Å². The molecule has 1 aromatic rings. The van der Waals surface area contributed by atoms with E-state index < -0.39 is 10.0 Å². The van der Waals surface area contributed by atoms with Gasteiger partial charge < -0.3 is 10.1 Å². The molecular weight excluding hydrogens is 348 g/mol.